The normalized spacial score (nSPS) is 11.8. The highest BCUT2D eigenvalue weighted by Gasteiger charge is 2.11. The Hall–Kier alpha value is -1.12. The largest absolute Gasteiger partial charge is 0.448 e. The van der Waals surface area contributed by atoms with Crippen LogP contribution in [-0.4, -0.2) is 49.1 Å². The minimum atomic E-state index is -0.460. The second-order valence-corrected chi connectivity index (χ2v) is 7.64. The number of nitrogens with one attached hydrogen (secondary N) is 2. The summed E-state index contributed by atoms with van der Waals surface area (Å²) in [6.07, 6.45) is 10.4. The predicted molar refractivity (Wildman–Crippen MR) is 110 cm³/mol. The van der Waals surface area contributed by atoms with Crippen LogP contribution in [0.3, 0.4) is 0 Å². The number of thioether (sulfide) groups is 1. The van der Waals surface area contributed by atoms with E-state index in [9.17, 15) is 14.4 Å². The molecule has 27 heavy (non-hydrogen) atoms. The van der Waals surface area contributed by atoms with Crippen molar-refractivity contribution in [2.24, 2.45) is 5.73 Å². The lowest BCUT2D eigenvalue weighted by Crippen LogP contribution is -2.37. The summed E-state index contributed by atoms with van der Waals surface area (Å²) < 4.78 is 4.88. The molecule has 0 heterocycles. The Morgan fingerprint density at radius 2 is 1.59 bits per heavy atom. The number of nitrogens with two attached hydrogens (primary N) is 1. The first-order chi connectivity index (χ1) is 13.1. The number of carbonyl (C=O) groups is 3. The van der Waals surface area contributed by atoms with Crippen molar-refractivity contribution < 1.29 is 19.1 Å². The molecule has 0 aromatic carbocycles. The minimum absolute atomic E-state index is 0.0456. The average molecular weight is 404 g/mol. The zero-order chi connectivity index (χ0) is 20.2. The number of hydrogen-bond acceptors (Lipinski definition) is 7. The van der Waals surface area contributed by atoms with Crippen molar-refractivity contribution in [3.63, 3.8) is 0 Å². The SMILES string of the molecule is CC(=O)NCCCCCCCCCCCC(=O)SCC(NCCN)OC=O. The van der Waals surface area contributed by atoms with Crippen LogP contribution in [0.2, 0.25) is 0 Å². The van der Waals surface area contributed by atoms with Crippen molar-refractivity contribution in [3.8, 4) is 0 Å². The number of rotatable bonds is 19. The Kier molecular flexibility index (Phi) is 18.8. The fourth-order valence-electron chi connectivity index (χ4n) is 2.59. The monoisotopic (exact) mass is 403 g/mol. The van der Waals surface area contributed by atoms with Crippen LogP contribution in [0.15, 0.2) is 0 Å². The molecule has 0 spiro atoms. The van der Waals surface area contributed by atoms with E-state index in [-0.39, 0.29) is 11.0 Å². The summed E-state index contributed by atoms with van der Waals surface area (Å²) in [5.74, 6) is 0.462. The van der Waals surface area contributed by atoms with E-state index in [0.717, 1.165) is 25.8 Å². The van der Waals surface area contributed by atoms with E-state index in [1.807, 2.05) is 0 Å². The molecule has 8 heteroatoms. The molecule has 158 valence electrons. The molecule has 0 aliphatic carbocycles. The van der Waals surface area contributed by atoms with Gasteiger partial charge in [-0.15, -0.1) is 0 Å². The van der Waals surface area contributed by atoms with Crippen LogP contribution in [0.1, 0.15) is 71.1 Å². The van der Waals surface area contributed by atoms with Crippen LogP contribution in [0.5, 0.6) is 0 Å². The van der Waals surface area contributed by atoms with Crippen molar-refractivity contribution in [2.75, 3.05) is 25.4 Å². The molecular weight excluding hydrogens is 366 g/mol. The molecule has 0 radical (unpaired) electrons. The molecule has 4 N–H and O–H groups in total. The molecule has 0 bridgehead atoms. The first-order valence-electron chi connectivity index (χ1n) is 10.0. The summed E-state index contributed by atoms with van der Waals surface area (Å²) in [7, 11) is 0. The van der Waals surface area contributed by atoms with Gasteiger partial charge in [-0.1, -0.05) is 56.7 Å². The van der Waals surface area contributed by atoms with Gasteiger partial charge in [0.15, 0.2) is 11.3 Å². The van der Waals surface area contributed by atoms with Gasteiger partial charge >= 0.3 is 0 Å². The van der Waals surface area contributed by atoms with E-state index in [1.165, 1.54) is 50.3 Å². The zero-order valence-corrected chi connectivity index (χ0v) is 17.5. The molecular formula is C19H37N3O4S. The lowest BCUT2D eigenvalue weighted by atomic mass is 10.1. The molecule has 0 aliphatic heterocycles. The van der Waals surface area contributed by atoms with E-state index < -0.39 is 6.23 Å². The van der Waals surface area contributed by atoms with Crippen molar-refractivity contribution in [2.45, 2.75) is 77.4 Å². The standard InChI is InChI=1S/C19H37N3O4S/c1-17(24)21-13-10-8-6-4-2-3-5-7-9-11-19(25)27-15-18(26-16-23)22-14-12-20/h16,18,22H,2-15,20H2,1H3,(H,21,24). The third-order valence-electron chi connectivity index (χ3n) is 4.06. The van der Waals surface area contributed by atoms with E-state index >= 15 is 0 Å². The molecule has 1 atom stereocenters. The lowest BCUT2D eigenvalue weighted by molar-refractivity contribution is -0.133. The van der Waals surface area contributed by atoms with Crippen molar-refractivity contribution in [3.05, 3.63) is 0 Å². The summed E-state index contributed by atoms with van der Waals surface area (Å²) in [5.41, 5.74) is 5.40. The molecule has 0 saturated carbocycles. The van der Waals surface area contributed by atoms with Gasteiger partial charge in [-0.2, -0.15) is 0 Å². The minimum Gasteiger partial charge on any atom is -0.448 e. The Bertz CT molecular complexity index is 397. The maximum Gasteiger partial charge on any atom is 0.294 e. The Labute approximate surface area is 167 Å². The maximum absolute atomic E-state index is 11.9. The smallest absolute Gasteiger partial charge is 0.294 e. The predicted octanol–water partition coefficient (Wildman–Crippen LogP) is 2.33. The zero-order valence-electron chi connectivity index (χ0n) is 16.7. The van der Waals surface area contributed by atoms with Gasteiger partial charge < -0.3 is 15.8 Å². The number of hydrogen-bond donors (Lipinski definition) is 3. The third-order valence-corrected chi connectivity index (χ3v) is 5.06. The highest BCUT2D eigenvalue weighted by Crippen LogP contribution is 2.14. The summed E-state index contributed by atoms with van der Waals surface area (Å²) in [4.78, 5) is 33.0. The lowest BCUT2D eigenvalue weighted by Gasteiger charge is -2.15. The van der Waals surface area contributed by atoms with Gasteiger partial charge in [0.25, 0.3) is 6.47 Å². The van der Waals surface area contributed by atoms with E-state index in [4.69, 9.17) is 10.5 Å². The van der Waals surface area contributed by atoms with Crippen LogP contribution in [0.4, 0.5) is 0 Å². The molecule has 1 amide bonds. The molecule has 0 saturated heterocycles. The first-order valence-corrected chi connectivity index (χ1v) is 11.0. The quantitative estimate of drug-likeness (QED) is 0.172. The van der Waals surface area contributed by atoms with E-state index in [2.05, 4.69) is 10.6 Å². The van der Waals surface area contributed by atoms with Gasteiger partial charge in [-0.3, -0.25) is 19.7 Å². The van der Waals surface area contributed by atoms with Gasteiger partial charge in [0.05, 0.1) is 5.75 Å². The van der Waals surface area contributed by atoms with Crippen molar-refractivity contribution >= 4 is 29.3 Å². The third kappa shape index (κ3) is 19.4. The van der Waals surface area contributed by atoms with E-state index in [0.29, 0.717) is 31.7 Å². The second kappa shape index (κ2) is 19.6. The van der Waals surface area contributed by atoms with Crippen LogP contribution in [0, 0.1) is 0 Å². The molecule has 0 rings (SSSR count). The number of unbranched alkanes of at least 4 members (excludes halogenated alkanes) is 8. The molecule has 0 aromatic heterocycles. The summed E-state index contributed by atoms with van der Waals surface area (Å²) in [6.45, 7) is 3.72. The molecule has 0 aliphatic rings. The van der Waals surface area contributed by atoms with Crippen LogP contribution >= 0.6 is 11.8 Å². The number of amides is 1. The molecule has 7 nitrogen and oxygen atoms in total. The average Bonchev–Trinajstić information content (AvgIpc) is 2.64. The number of carbonyl (C=O) groups excluding carboxylic acids is 3. The Balaban J connectivity index is 3.42. The molecule has 0 fully saturated rings. The van der Waals surface area contributed by atoms with Crippen LogP contribution in [-0.2, 0) is 19.1 Å². The highest BCUT2D eigenvalue weighted by atomic mass is 32.2. The topological polar surface area (TPSA) is 111 Å². The summed E-state index contributed by atoms with van der Waals surface area (Å²) in [6, 6.07) is 0. The van der Waals surface area contributed by atoms with Crippen molar-refractivity contribution in [1.29, 1.82) is 0 Å². The molecule has 0 aromatic rings. The van der Waals surface area contributed by atoms with Gasteiger partial charge in [0, 0.05) is 33.0 Å². The fourth-order valence-corrected chi connectivity index (χ4v) is 3.42. The summed E-state index contributed by atoms with van der Waals surface area (Å²) >= 11 is 1.21. The first kappa shape index (κ1) is 25.9. The van der Waals surface area contributed by atoms with Gasteiger partial charge in [-0.05, 0) is 12.8 Å². The van der Waals surface area contributed by atoms with E-state index in [1.54, 1.807) is 6.92 Å². The van der Waals surface area contributed by atoms with Crippen LogP contribution in [0.25, 0.3) is 0 Å². The second-order valence-electron chi connectivity index (χ2n) is 6.56. The summed E-state index contributed by atoms with van der Waals surface area (Å²) in [5, 5.41) is 5.93. The molecule has 1 unspecified atom stereocenters. The maximum atomic E-state index is 11.9. The van der Waals surface area contributed by atoms with Gasteiger partial charge in [0.1, 0.15) is 0 Å². The van der Waals surface area contributed by atoms with Crippen LogP contribution < -0.4 is 16.4 Å². The number of ether oxygens (including phenoxy) is 1. The van der Waals surface area contributed by atoms with Gasteiger partial charge in [-0.25, -0.2) is 0 Å². The van der Waals surface area contributed by atoms with Crippen molar-refractivity contribution in [1.82, 2.24) is 10.6 Å². The highest BCUT2D eigenvalue weighted by molar-refractivity contribution is 8.13. The fraction of sp³-hybridized carbons (Fsp3) is 0.842. The Morgan fingerprint density at radius 3 is 2.15 bits per heavy atom. The Morgan fingerprint density at radius 1 is 1.00 bits per heavy atom. The van der Waals surface area contributed by atoms with Gasteiger partial charge in [0.2, 0.25) is 5.91 Å².